The van der Waals surface area contributed by atoms with Crippen LogP contribution in [0, 0.1) is 24.6 Å². The maximum atomic E-state index is 14.0. The van der Waals surface area contributed by atoms with Crippen molar-refractivity contribution >= 4 is 29.9 Å². The molecule has 7 heteroatoms. The van der Waals surface area contributed by atoms with Gasteiger partial charge in [0, 0.05) is 25.6 Å². The molecule has 1 heterocycles. The third kappa shape index (κ3) is 4.05. The van der Waals surface area contributed by atoms with Gasteiger partial charge in [-0.25, -0.2) is 4.39 Å². The molecule has 3 rings (SSSR count). The number of nitrogens with one attached hydrogen (secondary N) is 1. The lowest BCUT2D eigenvalue weighted by Gasteiger charge is -2.18. The minimum absolute atomic E-state index is 0. The standard InChI is InChI=1S/C17H22FN3O2.ClH/c1-10-2-5-15(13(18)6-10)21-9-12(7-16(21)22)17(23)20-8-14(19)11-3-4-11;/h2,5-6,11-12,14H,3-4,7-9,19H2,1H3,(H,20,23);1H. The van der Waals surface area contributed by atoms with E-state index in [9.17, 15) is 14.0 Å². The lowest BCUT2D eigenvalue weighted by Crippen LogP contribution is -2.41. The van der Waals surface area contributed by atoms with E-state index < -0.39 is 11.7 Å². The van der Waals surface area contributed by atoms with Gasteiger partial charge in [-0.2, -0.15) is 0 Å². The number of halogens is 2. The topological polar surface area (TPSA) is 75.4 Å². The largest absolute Gasteiger partial charge is 0.354 e. The zero-order valence-corrected chi connectivity index (χ0v) is 14.4. The van der Waals surface area contributed by atoms with Crippen molar-refractivity contribution < 1.29 is 14.0 Å². The highest BCUT2D eigenvalue weighted by molar-refractivity contribution is 6.00. The smallest absolute Gasteiger partial charge is 0.227 e. The fourth-order valence-corrected chi connectivity index (χ4v) is 3.00. The number of nitrogens with zero attached hydrogens (tertiary/aromatic N) is 1. The minimum Gasteiger partial charge on any atom is -0.354 e. The Morgan fingerprint density at radius 1 is 1.46 bits per heavy atom. The van der Waals surface area contributed by atoms with Crippen LogP contribution in [-0.2, 0) is 9.59 Å². The van der Waals surface area contributed by atoms with Crippen LogP contribution in [0.3, 0.4) is 0 Å². The van der Waals surface area contributed by atoms with E-state index in [1.165, 1.54) is 11.0 Å². The second-order valence-electron chi connectivity index (χ2n) is 6.61. The minimum atomic E-state index is -0.449. The van der Waals surface area contributed by atoms with E-state index in [-0.39, 0.29) is 48.9 Å². The van der Waals surface area contributed by atoms with Gasteiger partial charge in [-0.05, 0) is 43.4 Å². The van der Waals surface area contributed by atoms with Gasteiger partial charge in [-0.1, -0.05) is 6.07 Å². The van der Waals surface area contributed by atoms with Crippen molar-refractivity contribution in [2.45, 2.75) is 32.2 Å². The van der Waals surface area contributed by atoms with Crippen LogP contribution >= 0.6 is 12.4 Å². The van der Waals surface area contributed by atoms with Crippen molar-refractivity contribution in [3.8, 4) is 0 Å². The number of nitrogens with two attached hydrogens (primary N) is 1. The van der Waals surface area contributed by atoms with E-state index in [0.717, 1.165) is 18.4 Å². The molecule has 132 valence electrons. The molecule has 1 aromatic carbocycles. The number of amides is 2. The molecule has 1 saturated heterocycles. The highest BCUT2D eigenvalue weighted by Crippen LogP contribution is 2.31. The predicted molar refractivity (Wildman–Crippen MR) is 92.6 cm³/mol. The zero-order chi connectivity index (χ0) is 16.6. The molecule has 3 N–H and O–H groups in total. The molecule has 0 aromatic heterocycles. The molecular formula is C17H23ClFN3O2. The molecule has 1 aliphatic heterocycles. The molecular weight excluding hydrogens is 333 g/mol. The van der Waals surface area contributed by atoms with E-state index in [4.69, 9.17) is 5.73 Å². The molecule has 5 nitrogen and oxygen atoms in total. The van der Waals surface area contributed by atoms with Crippen LogP contribution in [0.4, 0.5) is 10.1 Å². The normalized spacial score (nSPS) is 21.4. The lowest BCUT2D eigenvalue weighted by atomic mass is 10.1. The maximum absolute atomic E-state index is 14.0. The fourth-order valence-electron chi connectivity index (χ4n) is 3.00. The Morgan fingerprint density at radius 3 is 2.79 bits per heavy atom. The summed E-state index contributed by atoms with van der Waals surface area (Å²) < 4.78 is 14.0. The average molecular weight is 356 g/mol. The molecule has 2 atom stereocenters. The first-order chi connectivity index (χ1) is 11.0. The van der Waals surface area contributed by atoms with Gasteiger partial charge >= 0.3 is 0 Å². The van der Waals surface area contributed by atoms with Crippen LogP contribution in [0.1, 0.15) is 24.8 Å². The summed E-state index contributed by atoms with van der Waals surface area (Å²) >= 11 is 0. The summed E-state index contributed by atoms with van der Waals surface area (Å²) in [5, 5.41) is 2.83. The summed E-state index contributed by atoms with van der Waals surface area (Å²) in [6.45, 7) is 2.44. The number of carbonyl (C=O) groups is 2. The molecule has 0 spiro atoms. The number of anilines is 1. The number of benzene rings is 1. The van der Waals surface area contributed by atoms with Gasteiger partial charge in [-0.15, -0.1) is 12.4 Å². The van der Waals surface area contributed by atoms with E-state index in [1.54, 1.807) is 19.1 Å². The second kappa shape index (κ2) is 7.49. The van der Waals surface area contributed by atoms with E-state index in [1.807, 2.05) is 0 Å². The number of hydrogen-bond donors (Lipinski definition) is 2. The van der Waals surface area contributed by atoms with Crippen molar-refractivity contribution in [1.29, 1.82) is 0 Å². The van der Waals surface area contributed by atoms with Gasteiger partial charge in [-0.3, -0.25) is 9.59 Å². The molecule has 0 bridgehead atoms. The molecule has 1 aromatic rings. The lowest BCUT2D eigenvalue weighted by molar-refractivity contribution is -0.126. The highest BCUT2D eigenvalue weighted by atomic mass is 35.5. The Balaban J connectivity index is 0.00000208. The summed E-state index contributed by atoms with van der Waals surface area (Å²) in [6.07, 6.45) is 2.36. The van der Waals surface area contributed by atoms with Crippen molar-refractivity contribution in [3.05, 3.63) is 29.6 Å². The summed E-state index contributed by atoms with van der Waals surface area (Å²) in [5.74, 6) is -0.771. The molecule has 1 saturated carbocycles. The van der Waals surface area contributed by atoms with Crippen LogP contribution in [0.2, 0.25) is 0 Å². The summed E-state index contributed by atoms with van der Waals surface area (Å²) in [4.78, 5) is 25.7. The van der Waals surface area contributed by atoms with Gasteiger partial charge in [0.2, 0.25) is 11.8 Å². The summed E-state index contributed by atoms with van der Waals surface area (Å²) in [7, 11) is 0. The Morgan fingerprint density at radius 2 is 2.17 bits per heavy atom. The van der Waals surface area contributed by atoms with E-state index in [2.05, 4.69) is 5.32 Å². The molecule has 2 fully saturated rings. The fraction of sp³-hybridized carbons (Fsp3) is 0.529. The maximum Gasteiger partial charge on any atom is 0.227 e. The van der Waals surface area contributed by atoms with E-state index in [0.29, 0.717) is 12.5 Å². The first kappa shape index (κ1) is 18.7. The van der Waals surface area contributed by atoms with Gasteiger partial charge in [0.05, 0.1) is 11.6 Å². The second-order valence-corrected chi connectivity index (χ2v) is 6.61. The van der Waals surface area contributed by atoms with Crippen molar-refractivity contribution in [3.63, 3.8) is 0 Å². The summed E-state index contributed by atoms with van der Waals surface area (Å²) in [5.41, 5.74) is 7.00. The number of carbonyl (C=O) groups excluding carboxylic acids is 2. The van der Waals surface area contributed by atoms with E-state index >= 15 is 0 Å². The van der Waals surface area contributed by atoms with Gasteiger partial charge in [0.15, 0.2) is 0 Å². The van der Waals surface area contributed by atoms with Crippen molar-refractivity contribution in [2.24, 2.45) is 17.6 Å². The Hall–Kier alpha value is -1.66. The van der Waals surface area contributed by atoms with Crippen LogP contribution < -0.4 is 16.0 Å². The molecule has 2 unspecified atom stereocenters. The zero-order valence-electron chi connectivity index (χ0n) is 13.6. The number of hydrogen-bond acceptors (Lipinski definition) is 3. The Bertz CT molecular complexity index is 636. The molecule has 2 amide bonds. The monoisotopic (exact) mass is 355 g/mol. The van der Waals surface area contributed by atoms with Crippen molar-refractivity contribution in [2.75, 3.05) is 18.0 Å². The number of aryl methyl sites for hydroxylation is 1. The van der Waals surface area contributed by atoms with Crippen LogP contribution in [0.15, 0.2) is 18.2 Å². The van der Waals surface area contributed by atoms with Gasteiger partial charge < -0.3 is 16.0 Å². The van der Waals surface area contributed by atoms with Crippen LogP contribution in [0.5, 0.6) is 0 Å². The predicted octanol–water partition coefficient (Wildman–Crippen LogP) is 1.76. The third-order valence-corrected chi connectivity index (χ3v) is 4.63. The van der Waals surface area contributed by atoms with Crippen LogP contribution in [0.25, 0.3) is 0 Å². The molecule has 1 aliphatic carbocycles. The Kier molecular flexibility index (Phi) is 5.83. The van der Waals surface area contributed by atoms with Gasteiger partial charge in [0.1, 0.15) is 5.82 Å². The average Bonchev–Trinajstić information content (AvgIpc) is 3.28. The van der Waals surface area contributed by atoms with Crippen molar-refractivity contribution in [1.82, 2.24) is 5.32 Å². The number of rotatable bonds is 5. The van der Waals surface area contributed by atoms with Crippen LogP contribution in [-0.4, -0.2) is 30.9 Å². The first-order valence-electron chi connectivity index (χ1n) is 8.05. The Labute approximate surface area is 147 Å². The quantitative estimate of drug-likeness (QED) is 0.845. The SMILES string of the molecule is Cc1ccc(N2CC(C(=O)NCC(N)C3CC3)CC2=O)c(F)c1.Cl. The first-order valence-corrected chi connectivity index (χ1v) is 8.05. The van der Waals surface area contributed by atoms with Gasteiger partial charge in [0.25, 0.3) is 0 Å². The summed E-state index contributed by atoms with van der Waals surface area (Å²) in [6, 6.07) is 4.73. The molecule has 2 aliphatic rings. The molecule has 24 heavy (non-hydrogen) atoms. The molecule has 0 radical (unpaired) electrons. The third-order valence-electron chi connectivity index (χ3n) is 4.63. The highest BCUT2D eigenvalue weighted by Gasteiger charge is 2.36.